The zero-order chi connectivity index (χ0) is 31.2. The number of benzene rings is 3. The van der Waals surface area contributed by atoms with E-state index in [4.69, 9.17) is 23.2 Å². The van der Waals surface area contributed by atoms with E-state index in [2.05, 4.69) is 5.32 Å². The number of hydrogen-bond donors (Lipinski definition) is 1. The van der Waals surface area contributed by atoms with Crippen LogP contribution in [0.15, 0.2) is 77.7 Å². The summed E-state index contributed by atoms with van der Waals surface area (Å²) in [6.07, 6.45) is -4.81. The summed E-state index contributed by atoms with van der Waals surface area (Å²) in [6, 6.07) is 14.6. The first-order chi connectivity index (χ1) is 19.6. The van der Waals surface area contributed by atoms with Gasteiger partial charge in [0.1, 0.15) is 12.6 Å². The molecular weight excluding hydrogens is 614 g/mol. The third-order valence-electron chi connectivity index (χ3n) is 6.27. The molecule has 0 aliphatic heterocycles. The van der Waals surface area contributed by atoms with Crippen LogP contribution in [0.1, 0.15) is 31.9 Å². The molecule has 3 rings (SSSR count). The van der Waals surface area contributed by atoms with Crippen LogP contribution in [0, 0.1) is 5.92 Å². The highest BCUT2D eigenvalue weighted by Gasteiger charge is 2.36. The van der Waals surface area contributed by atoms with Crippen LogP contribution in [0.2, 0.25) is 10.0 Å². The molecule has 3 aromatic carbocycles. The highest BCUT2D eigenvalue weighted by atomic mass is 35.5. The van der Waals surface area contributed by atoms with Crippen LogP contribution >= 0.6 is 23.2 Å². The van der Waals surface area contributed by atoms with Crippen molar-refractivity contribution in [1.82, 2.24) is 10.2 Å². The van der Waals surface area contributed by atoms with Crippen molar-refractivity contribution in [3.8, 4) is 0 Å². The van der Waals surface area contributed by atoms with Gasteiger partial charge < -0.3 is 10.2 Å². The minimum atomic E-state index is -4.81. The smallest absolute Gasteiger partial charge is 0.354 e. The van der Waals surface area contributed by atoms with Gasteiger partial charge in [0.15, 0.2) is 0 Å². The summed E-state index contributed by atoms with van der Waals surface area (Å²) in [5.41, 5.74) is -1.10. The Bertz CT molecular complexity index is 1500. The predicted molar refractivity (Wildman–Crippen MR) is 157 cm³/mol. The molecule has 2 amide bonds. The summed E-state index contributed by atoms with van der Waals surface area (Å²) < 4.78 is 69.0. The van der Waals surface area contributed by atoms with Gasteiger partial charge in [-0.3, -0.25) is 13.9 Å². The molecule has 7 nitrogen and oxygen atoms in total. The van der Waals surface area contributed by atoms with Crippen LogP contribution in [-0.2, 0) is 32.3 Å². The molecule has 226 valence electrons. The first kappa shape index (κ1) is 33.2. The molecule has 3 aromatic rings. The van der Waals surface area contributed by atoms with Crippen molar-refractivity contribution in [3.63, 3.8) is 0 Å². The normalized spacial score (nSPS) is 12.6. The summed E-state index contributed by atoms with van der Waals surface area (Å²) in [6.45, 7) is 4.56. The lowest BCUT2D eigenvalue weighted by Gasteiger charge is -2.32. The molecule has 1 unspecified atom stereocenters. The van der Waals surface area contributed by atoms with E-state index in [1.807, 2.05) is 13.8 Å². The number of hydrogen-bond acceptors (Lipinski definition) is 4. The van der Waals surface area contributed by atoms with Crippen molar-refractivity contribution in [1.29, 1.82) is 0 Å². The SMILES string of the molecule is CC(C)CNC(=O)C(C)N(Cc1ccc(Cl)cc1)C(=O)CN(c1cc(C(F)(F)F)ccc1Cl)S(=O)(=O)c1ccccc1. The predicted octanol–water partition coefficient (Wildman–Crippen LogP) is 6.40. The number of carbonyl (C=O) groups is 2. The quantitative estimate of drug-likeness (QED) is 0.262. The fraction of sp³-hybridized carbons (Fsp3) is 0.310. The van der Waals surface area contributed by atoms with Crippen LogP contribution in [0.4, 0.5) is 18.9 Å². The van der Waals surface area contributed by atoms with E-state index in [0.717, 1.165) is 17.0 Å². The largest absolute Gasteiger partial charge is 0.416 e. The zero-order valence-electron chi connectivity index (χ0n) is 23.0. The Morgan fingerprint density at radius 3 is 2.12 bits per heavy atom. The van der Waals surface area contributed by atoms with Crippen LogP contribution in [0.5, 0.6) is 0 Å². The molecule has 0 aromatic heterocycles. The van der Waals surface area contributed by atoms with Crippen LogP contribution in [0.25, 0.3) is 0 Å². The number of rotatable bonds is 11. The van der Waals surface area contributed by atoms with Crippen molar-refractivity contribution in [2.75, 3.05) is 17.4 Å². The summed E-state index contributed by atoms with van der Waals surface area (Å²) in [4.78, 5) is 27.8. The van der Waals surface area contributed by atoms with Gasteiger partial charge in [-0.1, -0.05) is 67.4 Å². The standard InChI is InChI=1S/C29H30Cl2F3N3O4S/c1-19(2)16-35-28(39)20(3)36(17-21-9-12-23(30)13-10-21)27(38)18-37(42(40,41)24-7-5-4-6-8-24)26-15-22(29(32,33)34)11-14-25(26)31/h4-15,19-20H,16-18H2,1-3H3,(H,35,39). The maximum absolute atomic E-state index is 13.9. The Balaban J connectivity index is 2.10. The average molecular weight is 645 g/mol. The van der Waals surface area contributed by atoms with E-state index < -0.39 is 51.9 Å². The monoisotopic (exact) mass is 643 g/mol. The summed E-state index contributed by atoms with van der Waals surface area (Å²) >= 11 is 12.2. The number of amides is 2. The van der Waals surface area contributed by atoms with Gasteiger partial charge in [0.25, 0.3) is 10.0 Å². The first-order valence-electron chi connectivity index (χ1n) is 12.9. The fourth-order valence-corrected chi connectivity index (χ4v) is 5.78. The molecule has 0 heterocycles. The minimum absolute atomic E-state index is 0.109. The van der Waals surface area contributed by atoms with Crippen LogP contribution in [0.3, 0.4) is 0 Å². The van der Waals surface area contributed by atoms with E-state index in [0.29, 0.717) is 27.5 Å². The molecule has 0 aliphatic carbocycles. The van der Waals surface area contributed by atoms with Gasteiger partial charge in [-0.25, -0.2) is 8.42 Å². The van der Waals surface area contributed by atoms with E-state index in [9.17, 15) is 31.2 Å². The van der Waals surface area contributed by atoms with Crippen molar-refractivity contribution >= 4 is 50.7 Å². The summed E-state index contributed by atoms with van der Waals surface area (Å²) in [5.74, 6) is -1.21. The van der Waals surface area contributed by atoms with Gasteiger partial charge in [-0.15, -0.1) is 0 Å². The molecule has 0 saturated heterocycles. The lowest BCUT2D eigenvalue weighted by atomic mass is 10.1. The van der Waals surface area contributed by atoms with Crippen molar-refractivity contribution in [2.24, 2.45) is 5.92 Å². The molecule has 0 radical (unpaired) electrons. The van der Waals surface area contributed by atoms with E-state index in [1.165, 1.54) is 31.2 Å². The van der Waals surface area contributed by atoms with Gasteiger partial charge in [0, 0.05) is 18.1 Å². The Kier molecular flexibility index (Phi) is 10.9. The van der Waals surface area contributed by atoms with Gasteiger partial charge in [0.2, 0.25) is 11.8 Å². The Morgan fingerprint density at radius 2 is 1.55 bits per heavy atom. The molecule has 42 heavy (non-hydrogen) atoms. The molecule has 0 bridgehead atoms. The van der Waals surface area contributed by atoms with Crippen molar-refractivity contribution in [2.45, 2.75) is 44.4 Å². The highest BCUT2D eigenvalue weighted by molar-refractivity contribution is 7.92. The average Bonchev–Trinajstić information content (AvgIpc) is 2.94. The number of carbonyl (C=O) groups excluding carboxylic acids is 2. The molecule has 13 heteroatoms. The van der Waals surface area contributed by atoms with Gasteiger partial charge in [0.05, 0.1) is 21.2 Å². The number of sulfonamides is 1. The number of alkyl halides is 3. The lowest BCUT2D eigenvalue weighted by Crippen LogP contribution is -2.51. The Morgan fingerprint density at radius 1 is 0.929 bits per heavy atom. The minimum Gasteiger partial charge on any atom is -0.354 e. The van der Waals surface area contributed by atoms with Crippen molar-refractivity contribution < 1.29 is 31.2 Å². The molecule has 1 atom stereocenters. The van der Waals surface area contributed by atoms with Gasteiger partial charge in [-0.05, 0) is 60.9 Å². The van der Waals surface area contributed by atoms with E-state index >= 15 is 0 Å². The lowest BCUT2D eigenvalue weighted by molar-refractivity contribution is -0.139. The molecular formula is C29H30Cl2F3N3O4S. The molecule has 1 N–H and O–H groups in total. The van der Waals surface area contributed by atoms with Gasteiger partial charge >= 0.3 is 6.18 Å². The molecule has 0 fully saturated rings. The third-order valence-corrected chi connectivity index (χ3v) is 8.62. The van der Waals surface area contributed by atoms with E-state index in [-0.39, 0.29) is 22.4 Å². The van der Waals surface area contributed by atoms with Crippen molar-refractivity contribution in [3.05, 3.63) is 94.0 Å². The molecule has 0 aliphatic rings. The molecule has 0 saturated carbocycles. The zero-order valence-corrected chi connectivity index (χ0v) is 25.4. The second-order valence-corrected chi connectivity index (χ2v) is 12.7. The van der Waals surface area contributed by atoms with E-state index in [1.54, 1.807) is 30.3 Å². The summed E-state index contributed by atoms with van der Waals surface area (Å²) in [7, 11) is -4.60. The second-order valence-electron chi connectivity index (χ2n) is 9.95. The molecule has 0 spiro atoms. The summed E-state index contributed by atoms with van der Waals surface area (Å²) in [5, 5.41) is 2.88. The first-order valence-corrected chi connectivity index (χ1v) is 15.1. The van der Waals surface area contributed by atoms with Gasteiger partial charge in [-0.2, -0.15) is 13.2 Å². The number of nitrogens with one attached hydrogen (secondary N) is 1. The van der Waals surface area contributed by atoms with Crippen LogP contribution in [-0.4, -0.2) is 44.3 Å². The number of halogens is 5. The number of anilines is 1. The Labute approximate surface area is 253 Å². The Hall–Kier alpha value is -3.28. The third kappa shape index (κ3) is 8.39. The topological polar surface area (TPSA) is 86.8 Å². The second kappa shape index (κ2) is 13.8. The fourth-order valence-electron chi connectivity index (χ4n) is 3.93. The maximum atomic E-state index is 13.9. The highest BCUT2D eigenvalue weighted by Crippen LogP contribution is 2.37. The number of nitrogens with zero attached hydrogens (tertiary/aromatic N) is 2. The van der Waals surface area contributed by atoms with Crippen LogP contribution < -0.4 is 9.62 Å². The maximum Gasteiger partial charge on any atom is 0.416 e.